The van der Waals surface area contributed by atoms with E-state index in [1.165, 1.54) is 0 Å². The molecule has 1 unspecified atom stereocenters. The first-order valence-corrected chi connectivity index (χ1v) is 5.97. The summed E-state index contributed by atoms with van der Waals surface area (Å²) in [5.74, 6) is 1.96. The molecule has 0 aliphatic carbocycles. The third kappa shape index (κ3) is 2.94. The topological polar surface area (TPSA) is 46.3 Å². The summed E-state index contributed by atoms with van der Waals surface area (Å²) in [5.41, 5.74) is 5.71. The number of nitrogens with two attached hydrogens (primary N) is 1. The lowest BCUT2D eigenvalue weighted by molar-refractivity contribution is -0.129. The number of carbonyl (C=O) groups excluding carboxylic acids is 1. The van der Waals surface area contributed by atoms with Crippen molar-refractivity contribution < 1.29 is 4.79 Å². The highest BCUT2D eigenvalue weighted by Crippen LogP contribution is 2.23. The van der Waals surface area contributed by atoms with E-state index in [-0.39, 0.29) is 11.9 Å². The second kappa shape index (κ2) is 4.97. The summed E-state index contributed by atoms with van der Waals surface area (Å²) in [5, 5.41) is 0. The van der Waals surface area contributed by atoms with Crippen molar-refractivity contribution in [2.45, 2.75) is 40.2 Å². The van der Waals surface area contributed by atoms with Crippen LogP contribution in [-0.2, 0) is 4.79 Å². The minimum Gasteiger partial charge on any atom is -0.341 e. The minimum atomic E-state index is -0.245. The van der Waals surface area contributed by atoms with Gasteiger partial charge >= 0.3 is 0 Å². The largest absolute Gasteiger partial charge is 0.341 e. The maximum atomic E-state index is 11.7. The molecule has 1 rings (SSSR count). The number of carbonyl (C=O) groups is 1. The van der Waals surface area contributed by atoms with E-state index in [0.29, 0.717) is 17.8 Å². The van der Waals surface area contributed by atoms with Gasteiger partial charge in [0.2, 0.25) is 5.91 Å². The van der Waals surface area contributed by atoms with Crippen molar-refractivity contribution in [3.63, 3.8) is 0 Å². The highest BCUT2D eigenvalue weighted by atomic mass is 16.2. The van der Waals surface area contributed by atoms with Gasteiger partial charge in [-0.05, 0) is 24.2 Å². The summed E-state index contributed by atoms with van der Waals surface area (Å²) in [6.07, 6.45) is 0.821. The molecule has 15 heavy (non-hydrogen) atoms. The third-order valence-corrected chi connectivity index (χ3v) is 3.48. The lowest BCUT2D eigenvalue weighted by atomic mass is 9.85. The Morgan fingerprint density at radius 2 is 1.87 bits per heavy atom. The smallest absolute Gasteiger partial charge is 0.239 e. The monoisotopic (exact) mass is 212 g/mol. The Morgan fingerprint density at radius 3 is 2.20 bits per heavy atom. The first kappa shape index (κ1) is 12.5. The van der Waals surface area contributed by atoms with Gasteiger partial charge in [0, 0.05) is 13.1 Å². The van der Waals surface area contributed by atoms with Gasteiger partial charge in [0.25, 0.3) is 0 Å². The molecule has 3 nitrogen and oxygen atoms in total. The Hall–Kier alpha value is -0.570. The van der Waals surface area contributed by atoms with Crippen LogP contribution in [0.3, 0.4) is 0 Å². The molecule has 1 saturated heterocycles. The van der Waals surface area contributed by atoms with Gasteiger partial charge < -0.3 is 10.6 Å². The molecule has 1 aliphatic rings. The zero-order valence-electron chi connectivity index (χ0n) is 10.4. The Bertz CT molecular complexity index is 218. The molecular formula is C12H24N2O. The van der Waals surface area contributed by atoms with Crippen LogP contribution >= 0.6 is 0 Å². The van der Waals surface area contributed by atoms with Crippen LogP contribution < -0.4 is 5.73 Å². The Morgan fingerprint density at radius 1 is 1.33 bits per heavy atom. The first-order chi connectivity index (χ1) is 6.93. The second-order valence-corrected chi connectivity index (χ2v) is 5.33. The molecule has 88 valence electrons. The molecule has 1 atom stereocenters. The molecule has 3 heteroatoms. The Kier molecular flexibility index (Phi) is 4.14. The van der Waals surface area contributed by atoms with Crippen LogP contribution in [0.1, 0.15) is 34.1 Å². The molecule has 0 spiro atoms. The SMILES string of the molecule is CC(C)C(CN1CCC(N)C1=O)C(C)C. The molecule has 2 N–H and O–H groups in total. The Balaban J connectivity index is 2.56. The van der Waals surface area contributed by atoms with Crippen LogP contribution in [0.4, 0.5) is 0 Å². The second-order valence-electron chi connectivity index (χ2n) is 5.33. The number of amides is 1. The number of rotatable bonds is 4. The van der Waals surface area contributed by atoms with E-state index in [9.17, 15) is 4.79 Å². The van der Waals surface area contributed by atoms with Gasteiger partial charge in [0.15, 0.2) is 0 Å². The predicted molar refractivity (Wildman–Crippen MR) is 62.3 cm³/mol. The predicted octanol–water partition coefficient (Wildman–Crippen LogP) is 1.47. The van der Waals surface area contributed by atoms with Gasteiger partial charge in [-0.1, -0.05) is 27.7 Å². The van der Waals surface area contributed by atoms with Gasteiger partial charge in [0.1, 0.15) is 0 Å². The number of likely N-dealkylation sites (tertiary alicyclic amines) is 1. The minimum absolute atomic E-state index is 0.140. The molecule has 1 amide bonds. The summed E-state index contributed by atoms with van der Waals surface area (Å²) in [6.45, 7) is 10.6. The van der Waals surface area contributed by atoms with Crippen molar-refractivity contribution in [2.75, 3.05) is 13.1 Å². The summed E-state index contributed by atoms with van der Waals surface area (Å²) in [7, 11) is 0. The molecular weight excluding hydrogens is 188 g/mol. The van der Waals surface area contributed by atoms with Crippen LogP contribution in [0.15, 0.2) is 0 Å². The van der Waals surface area contributed by atoms with E-state index in [4.69, 9.17) is 5.73 Å². The number of hydrogen-bond acceptors (Lipinski definition) is 2. The van der Waals surface area contributed by atoms with Crippen molar-refractivity contribution in [1.82, 2.24) is 4.90 Å². The van der Waals surface area contributed by atoms with E-state index in [2.05, 4.69) is 27.7 Å². The van der Waals surface area contributed by atoms with Crippen LogP contribution in [0.5, 0.6) is 0 Å². The van der Waals surface area contributed by atoms with E-state index >= 15 is 0 Å². The van der Waals surface area contributed by atoms with E-state index in [0.717, 1.165) is 19.5 Å². The van der Waals surface area contributed by atoms with Crippen molar-refractivity contribution in [2.24, 2.45) is 23.5 Å². The van der Waals surface area contributed by atoms with E-state index in [1.807, 2.05) is 4.90 Å². The van der Waals surface area contributed by atoms with E-state index in [1.54, 1.807) is 0 Å². The lowest BCUT2D eigenvalue weighted by Gasteiger charge is -2.29. The van der Waals surface area contributed by atoms with Gasteiger partial charge in [-0.15, -0.1) is 0 Å². The lowest BCUT2D eigenvalue weighted by Crippen LogP contribution is -2.39. The van der Waals surface area contributed by atoms with Crippen molar-refractivity contribution >= 4 is 5.91 Å². The standard InChI is InChI=1S/C12H24N2O/c1-8(2)10(9(3)4)7-14-6-5-11(13)12(14)15/h8-11H,5-7,13H2,1-4H3. The molecule has 1 fully saturated rings. The first-order valence-electron chi connectivity index (χ1n) is 5.97. The van der Waals surface area contributed by atoms with Crippen LogP contribution in [0, 0.1) is 17.8 Å². The highest BCUT2D eigenvalue weighted by Gasteiger charge is 2.31. The number of hydrogen-bond donors (Lipinski definition) is 1. The van der Waals surface area contributed by atoms with Crippen LogP contribution in [-0.4, -0.2) is 29.9 Å². The molecule has 0 aromatic rings. The zero-order chi connectivity index (χ0) is 11.6. The highest BCUT2D eigenvalue weighted by molar-refractivity contribution is 5.83. The van der Waals surface area contributed by atoms with Crippen molar-refractivity contribution in [1.29, 1.82) is 0 Å². The van der Waals surface area contributed by atoms with Gasteiger partial charge in [-0.25, -0.2) is 0 Å². The average molecular weight is 212 g/mol. The normalized spacial score (nSPS) is 22.5. The molecule has 1 heterocycles. The molecule has 1 aliphatic heterocycles. The number of nitrogens with zero attached hydrogens (tertiary/aromatic N) is 1. The van der Waals surface area contributed by atoms with Gasteiger partial charge in [-0.2, -0.15) is 0 Å². The summed E-state index contributed by atoms with van der Waals surface area (Å²) < 4.78 is 0. The molecule has 0 aromatic carbocycles. The molecule has 0 bridgehead atoms. The summed E-state index contributed by atoms with van der Waals surface area (Å²) in [6, 6.07) is -0.245. The van der Waals surface area contributed by atoms with Crippen molar-refractivity contribution in [3.05, 3.63) is 0 Å². The van der Waals surface area contributed by atoms with E-state index < -0.39 is 0 Å². The fourth-order valence-corrected chi connectivity index (χ4v) is 2.39. The van der Waals surface area contributed by atoms with Crippen LogP contribution in [0.2, 0.25) is 0 Å². The fraction of sp³-hybridized carbons (Fsp3) is 0.917. The maximum absolute atomic E-state index is 11.7. The average Bonchev–Trinajstić information content (AvgIpc) is 2.43. The summed E-state index contributed by atoms with van der Waals surface area (Å²) >= 11 is 0. The maximum Gasteiger partial charge on any atom is 0.239 e. The molecule has 0 aromatic heterocycles. The van der Waals surface area contributed by atoms with Gasteiger partial charge in [0.05, 0.1) is 6.04 Å². The quantitative estimate of drug-likeness (QED) is 0.767. The Labute approximate surface area is 93.0 Å². The third-order valence-electron chi connectivity index (χ3n) is 3.48. The molecule has 0 saturated carbocycles. The van der Waals surface area contributed by atoms with Gasteiger partial charge in [-0.3, -0.25) is 4.79 Å². The summed E-state index contributed by atoms with van der Waals surface area (Å²) in [4.78, 5) is 13.6. The zero-order valence-corrected chi connectivity index (χ0v) is 10.4. The fourth-order valence-electron chi connectivity index (χ4n) is 2.39. The molecule has 0 radical (unpaired) electrons. The van der Waals surface area contributed by atoms with Crippen molar-refractivity contribution in [3.8, 4) is 0 Å². The van der Waals surface area contributed by atoms with Crippen LogP contribution in [0.25, 0.3) is 0 Å².